The Hall–Kier alpha value is -1.89. The van der Waals surface area contributed by atoms with Crippen molar-refractivity contribution in [1.82, 2.24) is 14.7 Å². The number of morpholine rings is 1. The van der Waals surface area contributed by atoms with Gasteiger partial charge in [-0.05, 0) is 0 Å². The Kier molecular flexibility index (Phi) is 2.84. The number of aromatic nitrogens is 2. The molecule has 2 rings (SSSR count). The standard InChI is InChI=1S/C10H14N4O3/c1-13-4-6(3-12-13)8-9(10(11)16)17-5-7(15)14(8)2/h3-4,8-9H,5H2,1-2H3,(H2,11,16). The first-order chi connectivity index (χ1) is 8.00. The van der Waals surface area contributed by atoms with Crippen molar-refractivity contribution in [1.29, 1.82) is 0 Å². The van der Waals surface area contributed by atoms with Gasteiger partial charge >= 0.3 is 0 Å². The summed E-state index contributed by atoms with van der Waals surface area (Å²) in [5.74, 6) is -0.769. The molecule has 7 heteroatoms. The van der Waals surface area contributed by atoms with E-state index in [-0.39, 0.29) is 12.5 Å². The van der Waals surface area contributed by atoms with Crippen molar-refractivity contribution in [3.8, 4) is 0 Å². The molecule has 1 aliphatic heterocycles. The molecule has 1 saturated heterocycles. The van der Waals surface area contributed by atoms with Gasteiger partial charge in [-0.1, -0.05) is 0 Å². The number of carbonyl (C=O) groups is 2. The number of amides is 2. The number of nitrogens with zero attached hydrogens (tertiary/aromatic N) is 3. The lowest BCUT2D eigenvalue weighted by Gasteiger charge is -2.36. The van der Waals surface area contributed by atoms with Crippen LogP contribution in [0, 0.1) is 0 Å². The van der Waals surface area contributed by atoms with Crippen LogP contribution < -0.4 is 5.73 Å². The molecule has 92 valence electrons. The summed E-state index contributed by atoms with van der Waals surface area (Å²) >= 11 is 0. The quantitative estimate of drug-likeness (QED) is 0.701. The van der Waals surface area contributed by atoms with Crippen LogP contribution in [0.2, 0.25) is 0 Å². The zero-order valence-electron chi connectivity index (χ0n) is 9.66. The number of carbonyl (C=O) groups excluding carboxylic acids is 2. The van der Waals surface area contributed by atoms with Gasteiger partial charge in [0.25, 0.3) is 0 Å². The van der Waals surface area contributed by atoms with E-state index in [0.29, 0.717) is 0 Å². The summed E-state index contributed by atoms with van der Waals surface area (Å²) in [6.07, 6.45) is 2.50. The van der Waals surface area contributed by atoms with Gasteiger partial charge in [-0.15, -0.1) is 0 Å². The molecule has 2 N–H and O–H groups in total. The monoisotopic (exact) mass is 238 g/mol. The maximum atomic E-state index is 11.6. The first kappa shape index (κ1) is 11.6. The van der Waals surface area contributed by atoms with Gasteiger partial charge in [0, 0.05) is 25.9 Å². The van der Waals surface area contributed by atoms with Crippen molar-refractivity contribution in [2.75, 3.05) is 13.7 Å². The summed E-state index contributed by atoms with van der Waals surface area (Å²) in [5, 5.41) is 4.02. The largest absolute Gasteiger partial charge is 0.367 e. The number of hydrogen-bond donors (Lipinski definition) is 1. The van der Waals surface area contributed by atoms with E-state index in [1.807, 2.05) is 0 Å². The second kappa shape index (κ2) is 4.17. The average molecular weight is 238 g/mol. The van der Waals surface area contributed by atoms with E-state index < -0.39 is 18.1 Å². The first-order valence-electron chi connectivity index (χ1n) is 5.16. The fourth-order valence-electron chi connectivity index (χ4n) is 1.94. The van der Waals surface area contributed by atoms with Crippen molar-refractivity contribution < 1.29 is 14.3 Å². The first-order valence-corrected chi connectivity index (χ1v) is 5.16. The van der Waals surface area contributed by atoms with Crippen LogP contribution in [0.1, 0.15) is 11.6 Å². The predicted octanol–water partition coefficient (Wildman–Crippen LogP) is -1.20. The van der Waals surface area contributed by atoms with Gasteiger partial charge in [0.1, 0.15) is 6.61 Å². The highest BCUT2D eigenvalue weighted by molar-refractivity contribution is 5.85. The fourth-order valence-corrected chi connectivity index (χ4v) is 1.94. The maximum absolute atomic E-state index is 11.6. The summed E-state index contributed by atoms with van der Waals surface area (Å²) in [7, 11) is 3.38. The van der Waals surface area contributed by atoms with Gasteiger partial charge in [0.05, 0.1) is 12.2 Å². The van der Waals surface area contributed by atoms with E-state index >= 15 is 0 Å². The van der Waals surface area contributed by atoms with Crippen LogP contribution in [0.25, 0.3) is 0 Å². The lowest BCUT2D eigenvalue weighted by molar-refractivity contribution is -0.160. The maximum Gasteiger partial charge on any atom is 0.249 e. The molecule has 0 saturated carbocycles. The van der Waals surface area contributed by atoms with E-state index in [0.717, 1.165) is 5.56 Å². The highest BCUT2D eigenvalue weighted by Crippen LogP contribution is 2.28. The number of nitrogens with two attached hydrogens (primary N) is 1. The molecule has 17 heavy (non-hydrogen) atoms. The number of rotatable bonds is 2. The Morgan fingerprint density at radius 2 is 2.29 bits per heavy atom. The molecule has 2 atom stereocenters. The molecule has 2 heterocycles. The van der Waals surface area contributed by atoms with Crippen molar-refractivity contribution in [3.05, 3.63) is 18.0 Å². The zero-order chi connectivity index (χ0) is 12.6. The molecule has 0 aliphatic carbocycles. The molecule has 1 aromatic rings. The van der Waals surface area contributed by atoms with Crippen molar-refractivity contribution in [3.63, 3.8) is 0 Å². The van der Waals surface area contributed by atoms with Crippen LogP contribution in [-0.2, 0) is 21.4 Å². The van der Waals surface area contributed by atoms with Crippen LogP contribution in [0.4, 0.5) is 0 Å². The van der Waals surface area contributed by atoms with Crippen molar-refractivity contribution >= 4 is 11.8 Å². The Morgan fingerprint density at radius 3 is 2.82 bits per heavy atom. The van der Waals surface area contributed by atoms with Gasteiger partial charge in [-0.2, -0.15) is 5.10 Å². The van der Waals surface area contributed by atoms with Crippen LogP contribution in [0.3, 0.4) is 0 Å². The minimum atomic E-state index is -0.832. The van der Waals surface area contributed by atoms with E-state index in [2.05, 4.69) is 5.10 Å². The van der Waals surface area contributed by atoms with Gasteiger partial charge in [0.15, 0.2) is 6.10 Å². The van der Waals surface area contributed by atoms with Crippen LogP contribution >= 0.6 is 0 Å². The van der Waals surface area contributed by atoms with Gasteiger partial charge < -0.3 is 15.4 Å². The molecular weight excluding hydrogens is 224 g/mol. The Bertz CT molecular complexity index is 456. The molecule has 1 aromatic heterocycles. The van der Waals surface area contributed by atoms with E-state index in [4.69, 9.17) is 10.5 Å². The SMILES string of the molecule is CN1C(=O)COC(C(N)=O)C1c1cnn(C)c1. The molecule has 1 aliphatic rings. The predicted molar refractivity (Wildman–Crippen MR) is 57.7 cm³/mol. The van der Waals surface area contributed by atoms with Crippen molar-refractivity contribution in [2.24, 2.45) is 12.8 Å². The van der Waals surface area contributed by atoms with Crippen LogP contribution in [-0.4, -0.2) is 46.3 Å². The van der Waals surface area contributed by atoms with Crippen molar-refractivity contribution in [2.45, 2.75) is 12.1 Å². The Balaban J connectivity index is 2.36. The lowest BCUT2D eigenvalue weighted by atomic mass is 10.0. The third kappa shape index (κ3) is 2.01. The molecule has 0 radical (unpaired) electrons. The third-order valence-electron chi connectivity index (χ3n) is 2.83. The average Bonchev–Trinajstić information content (AvgIpc) is 2.68. The lowest BCUT2D eigenvalue weighted by Crippen LogP contribution is -2.51. The summed E-state index contributed by atoms with van der Waals surface area (Å²) < 4.78 is 6.79. The minimum absolute atomic E-state index is 0.124. The summed E-state index contributed by atoms with van der Waals surface area (Å²) in [5.41, 5.74) is 6.01. The molecule has 2 amide bonds. The zero-order valence-corrected chi connectivity index (χ0v) is 9.66. The molecule has 0 bridgehead atoms. The van der Waals surface area contributed by atoms with Crippen LogP contribution in [0.5, 0.6) is 0 Å². The minimum Gasteiger partial charge on any atom is -0.367 e. The highest BCUT2D eigenvalue weighted by atomic mass is 16.5. The van der Waals surface area contributed by atoms with Gasteiger partial charge in [-0.25, -0.2) is 0 Å². The third-order valence-corrected chi connectivity index (χ3v) is 2.83. The summed E-state index contributed by atoms with van der Waals surface area (Å²) in [6.45, 7) is -0.124. The molecule has 0 spiro atoms. The summed E-state index contributed by atoms with van der Waals surface area (Å²) in [4.78, 5) is 24.4. The van der Waals surface area contributed by atoms with Gasteiger partial charge in [-0.3, -0.25) is 14.3 Å². The number of likely N-dealkylation sites (N-methyl/N-ethyl adjacent to an activating group) is 1. The molecule has 2 unspecified atom stereocenters. The van der Waals surface area contributed by atoms with E-state index in [9.17, 15) is 9.59 Å². The smallest absolute Gasteiger partial charge is 0.249 e. The van der Waals surface area contributed by atoms with Crippen LogP contribution in [0.15, 0.2) is 12.4 Å². The van der Waals surface area contributed by atoms with Gasteiger partial charge in [0.2, 0.25) is 11.8 Å². The van der Waals surface area contributed by atoms with E-state index in [1.54, 1.807) is 31.2 Å². The second-order valence-electron chi connectivity index (χ2n) is 4.03. The fraction of sp³-hybridized carbons (Fsp3) is 0.500. The number of ether oxygens (including phenoxy) is 1. The number of aryl methyl sites for hydroxylation is 1. The highest BCUT2D eigenvalue weighted by Gasteiger charge is 2.39. The number of hydrogen-bond acceptors (Lipinski definition) is 4. The molecule has 1 fully saturated rings. The Morgan fingerprint density at radius 1 is 1.59 bits per heavy atom. The molecule has 0 aromatic carbocycles. The Labute approximate surface area is 98.1 Å². The summed E-state index contributed by atoms with van der Waals surface area (Å²) in [6, 6.07) is -0.512. The topological polar surface area (TPSA) is 90.4 Å². The molecule has 7 nitrogen and oxygen atoms in total. The second-order valence-corrected chi connectivity index (χ2v) is 4.03. The number of primary amides is 1. The normalized spacial score (nSPS) is 25.1. The molecular formula is C10H14N4O3. The van der Waals surface area contributed by atoms with E-state index in [1.165, 1.54) is 4.90 Å².